The Morgan fingerprint density at radius 1 is 0.833 bits per heavy atom. The van der Waals surface area contributed by atoms with Gasteiger partial charge in [0.1, 0.15) is 35.2 Å². The molecule has 2 heterocycles. The van der Waals surface area contributed by atoms with Gasteiger partial charge in [0.15, 0.2) is 0 Å². The Kier molecular flexibility index (Phi) is 42.6. The van der Waals surface area contributed by atoms with E-state index in [1.54, 1.807) is 30.9 Å². The number of benzene rings is 1. The summed E-state index contributed by atoms with van der Waals surface area (Å²) in [5.41, 5.74) is 20.3. The molecule has 0 bridgehead atoms. The standard InChI is InChI=1S/C31H45N7O9S.C5H10N2O2.C5H9NO.C3H8.CH3NO.CH5N/c1-3-5-21-27(42)37-22(10-11-25(33)40)28(43)35-20(4-2)30(45)38(17-32)14-12-24(31(46)47)48-15-13-26(41)34-23(29(44)36-21)16-18-6-8-19(39)9-7-18;1-2-7-5(9)3-6-4-8;7-5-6-3-1-2-4-6;1-3-2;2-1-3;1-2/h6-9,17,20-24,32H,3-5,10-16H2,1-2H3,(H8,33,34,35,36,37,39,40,41,42,43,44,46,47);4H,2-3H2,1H3,(H,6,8)(H,7,9);5H,1-4H2;3H2,1-2H3;1H,(H2,2,3);2H2,1H3/p+1. The first-order valence-corrected chi connectivity index (χ1v) is 24.7. The van der Waals surface area contributed by atoms with Crippen LogP contribution in [-0.4, -0.2) is 168 Å². The molecule has 408 valence electrons. The van der Waals surface area contributed by atoms with Crippen molar-refractivity contribution < 1.29 is 67.5 Å². The number of nitrogens with one attached hydrogen (secondary N) is 6. The van der Waals surface area contributed by atoms with E-state index >= 15 is 0 Å². The smallest absolute Gasteiger partial charge is 0.331 e. The second-order valence-electron chi connectivity index (χ2n) is 15.4. The molecule has 72 heavy (non-hydrogen) atoms. The van der Waals surface area contributed by atoms with Crippen LogP contribution in [0, 0.1) is 0 Å². The Morgan fingerprint density at radius 3 is 1.81 bits per heavy atom. The Hall–Kier alpha value is -6.83. The number of primary amides is 2. The summed E-state index contributed by atoms with van der Waals surface area (Å²) < 4.78 is 1.09. The van der Waals surface area contributed by atoms with Crippen LogP contribution < -0.4 is 54.8 Å². The average Bonchev–Trinajstić information content (AvgIpc) is 3.89. The minimum atomic E-state index is -1.32. The third-order valence-electron chi connectivity index (χ3n) is 9.60. The number of thioether (sulfide) groups is 1. The molecule has 1 aromatic rings. The topological polar surface area (TPSA) is 411 Å². The third kappa shape index (κ3) is 32.9. The van der Waals surface area contributed by atoms with E-state index in [0.717, 1.165) is 42.2 Å². The highest BCUT2D eigenvalue weighted by atomic mass is 32.2. The van der Waals surface area contributed by atoms with E-state index < -0.39 is 70.8 Å². The summed E-state index contributed by atoms with van der Waals surface area (Å²) in [4.78, 5) is 131. The number of nitrogens with zero attached hydrogens (tertiary/aromatic N) is 2. The van der Waals surface area contributed by atoms with Gasteiger partial charge in [-0.3, -0.25) is 53.7 Å². The summed E-state index contributed by atoms with van der Waals surface area (Å²) in [7, 11) is 1.50. The number of phenols is 1. The van der Waals surface area contributed by atoms with Gasteiger partial charge in [-0.05, 0) is 63.8 Å². The maximum Gasteiger partial charge on any atom is 0.331 e. The largest absolute Gasteiger partial charge is 0.508 e. The van der Waals surface area contributed by atoms with Crippen molar-refractivity contribution in [2.75, 3.05) is 45.5 Å². The zero-order valence-electron chi connectivity index (χ0n) is 42.5. The Labute approximate surface area is 426 Å². The van der Waals surface area contributed by atoms with Gasteiger partial charge < -0.3 is 64.2 Å². The number of likely N-dealkylation sites (tertiary alicyclic amines) is 1. The number of carboxylic acid groups (broad SMARTS) is 1. The van der Waals surface area contributed by atoms with Crippen molar-refractivity contribution in [1.29, 1.82) is 0 Å². The van der Waals surface area contributed by atoms with Crippen LogP contribution in [0.2, 0.25) is 0 Å². The van der Waals surface area contributed by atoms with Crippen molar-refractivity contribution in [2.45, 2.75) is 135 Å². The normalized spacial score (nSPS) is 20.1. The molecule has 2 saturated heterocycles. The molecule has 2 fully saturated rings. The number of amides is 10. The first-order valence-electron chi connectivity index (χ1n) is 23.7. The SMILES string of the molecule is CCC.CCCC1NC(=O)C(Cc2ccc(O)cc2)NC(=O)CCSC(C(=O)O)CC[N+](=CN)C(=O)C(CC)NC(=O)C(CCC(N)=O)NC1=O.CCNC(=O)CNC=O.CN.NC=O.O=CN1CCCC1. The van der Waals surface area contributed by atoms with Crippen LogP contribution in [0.4, 0.5) is 0 Å². The lowest BCUT2D eigenvalue weighted by molar-refractivity contribution is -0.448. The molecule has 0 aliphatic carbocycles. The maximum absolute atomic E-state index is 13.6. The average molecular weight is 1040 g/mol. The minimum absolute atomic E-state index is 0.00467. The molecule has 1 aromatic carbocycles. The Balaban J connectivity index is -0.00000162. The highest BCUT2D eigenvalue weighted by Gasteiger charge is 2.33. The molecule has 3 rings (SSSR count). The van der Waals surface area contributed by atoms with Gasteiger partial charge in [-0.25, -0.2) is 9.37 Å². The van der Waals surface area contributed by atoms with E-state index in [0.29, 0.717) is 24.9 Å². The molecule has 2 aliphatic rings. The Morgan fingerprint density at radius 2 is 1.36 bits per heavy atom. The number of hydrogen-bond acceptors (Lipinski definition) is 14. The van der Waals surface area contributed by atoms with Crippen LogP contribution in [0.5, 0.6) is 5.75 Å². The lowest BCUT2D eigenvalue weighted by atomic mass is 10.0. The second-order valence-corrected chi connectivity index (χ2v) is 16.7. The molecule has 26 heteroatoms. The third-order valence-corrected chi connectivity index (χ3v) is 10.9. The van der Waals surface area contributed by atoms with E-state index in [4.69, 9.17) is 16.3 Å². The van der Waals surface area contributed by atoms with Gasteiger partial charge >= 0.3 is 11.9 Å². The first kappa shape index (κ1) is 69.4. The number of aliphatic carboxylic acids is 1. The van der Waals surface area contributed by atoms with E-state index in [2.05, 4.69) is 57.2 Å². The minimum Gasteiger partial charge on any atom is -0.508 e. The van der Waals surface area contributed by atoms with E-state index in [9.17, 15) is 58.2 Å². The molecule has 25 nitrogen and oxygen atoms in total. The summed E-state index contributed by atoms with van der Waals surface area (Å²) in [5, 5.41) is 33.7. The van der Waals surface area contributed by atoms with Crippen LogP contribution in [0.25, 0.3) is 0 Å². The van der Waals surface area contributed by atoms with E-state index in [-0.39, 0.29) is 81.9 Å². The molecule has 5 unspecified atom stereocenters. The van der Waals surface area contributed by atoms with Crippen LogP contribution in [0.3, 0.4) is 0 Å². The highest BCUT2D eigenvalue weighted by molar-refractivity contribution is 8.00. The Bertz CT molecular complexity index is 1820. The summed E-state index contributed by atoms with van der Waals surface area (Å²) in [6.07, 6.45) is 6.38. The van der Waals surface area contributed by atoms with Crippen molar-refractivity contribution in [3.8, 4) is 5.75 Å². The molecular formula is C46H81N12O13S+. The predicted octanol–water partition coefficient (Wildman–Crippen LogP) is -1.94. The van der Waals surface area contributed by atoms with Crippen LogP contribution >= 0.6 is 11.8 Å². The summed E-state index contributed by atoms with van der Waals surface area (Å²) in [5.74, 6) is -5.33. The van der Waals surface area contributed by atoms with Crippen LogP contribution in [0.15, 0.2) is 24.3 Å². The van der Waals surface area contributed by atoms with Crippen molar-refractivity contribution >= 4 is 84.7 Å². The molecule has 0 saturated carbocycles. The van der Waals surface area contributed by atoms with Gasteiger partial charge in [0.2, 0.25) is 61.0 Å². The van der Waals surface area contributed by atoms with Crippen molar-refractivity contribution in [3.05, 3.63) is 29.8 Å². The highest BCUT2D eigenvalue weighted by Crippen LogP contribution is 2.18. The monoisotopic (exact) mass is 1040 g/mol. The lowest BCUT2D eigenvalue weighted by Crippen LogP contribution is -2.58. The molecule has 0 radical (unpaired) electrons. The van der Waals surface area contributed by atoms with Gasteiger partial charge in [-0.15, -0.1) is 11.8 Å². The molecule has 0 spiro atoms. The molecule has 2 aliphatic heterocycles. The second kappa shape index (κ2) is 44.1. The molecular weight excluding hydrogens is 961 g/mol. The molecule has 10 amide bonds. The molecule has 0 aromatic heterocycles. The van der Waals surface area contributed by atoms with E-state index in [1.807, 2.05) is 6.92 Å². The van der Waals surface area contributed by atoms with Crippen molar-refractivity contribution in [3.63, 3.8) is 0 Å². The van der Waals surface area contributed by atoms with Crippen LogP contribution in [-0.2, 0) is 59.2 Å². The number of carbonyl (C=O) groups excluding carboxylic acids is 10. The van der Waals surface area contributed by atoms with Crippen LogP contribution in [0.1, 0.15) is 104 Å². The van der Waals surface area contributed by atoms with E-state index in [1.165, 1.54) is 38.4 Å². The van der Waals surface area contributed by atoms with Gasteiger partial charge in [0.05, 0.1) is 13.1 Å². The first-order chi connectivity index (χ1) is 34.4. The fraction of sp³-hybridized carbons (Fsp3) is 0.609. The number of carboxylic acids is 1. The van der Waals surface area contributed by atoms with Gasteiger partial charge in [0.25, 0.3) is 0 Å². The van der Waals surface area contributed by atoms with Gasteiger partial charge in [0, 0.05) is 51.1 Å². The number of phenolic OH excluding ortho intramolecular Hbond substituents is 1. The number of nitrogens with two attached hydrogens (primary N) is 4. The maximum atomic E-state index is 13.6. The van der Waals surface area contributed by atoms with Gasteiger partial charge in [-0.1, -0.05) is 52.7 Å². The van der Waals surface area contributed by atoms with Crippen molar-refractivity contribution in [2.24, 2.45) is 22.9 Å². The fourth-order valence-electron chi connectivity index (χ4n) is 6.14. The molecule has 16 N–H and O–H groups in total. The fourth-order valence-corrected chi connectivity index (χ4v) is 7.14. The summed E-state index contributed by atoms with van der Waals surface area (Å²) in [6, 6.07) is 1.28. The predicted molar refractivity (Wildman–Crippen MR) is 273 cm³/mol. The number of rotatable bonds is 14. The van der Waals surface area contributed by atoms with Crippen molar-refractivity contribution in [1.82, 2.24) is 36.8 Å². The number of likely N-dealkylation sites (N-methyl/N-ethyl adjacent to an activating group) is 1. The number of hydrogen-bond donors (Lipinski definition) is 12. The quantitative estimate of drug-likeness (QED) is 0.0548. The zero-order chi connectivity index (χ0) is 55.4. The lowest BCUT2D eigenvalue weighted by Gasteiger charge is -2.26. The zero-order valence-corrected chi connectivity index (χ0v) is 43.3. The number of carbonyl (C=O) groups is 11. The summed E-state index contributed by atoms with van der Waals surface area (Å²) in [6.45, 7) is 12.0. The number of aromatic hydroxyl groups is 1. The van der Waals surface area contributed by atoms with Gasteiger partial charge in [-0.2, -0.15) is 0 Å². The molecule has 5 atom stereocenters. The summed E-state index contributed by atoms with van der Waals surface area (Å²) >= 11 is 0.985.